The predicted molar refractivity (Wildman–Crippen MR) is 95.8 cm³/mol. The van der Waals surface area contributed by atoms with E-state index >= 15 is 0 Å². The number of hydrogen-bond acceptors (Lipinski definition) is 0. The molecule has 2 aromatic rings. The molecule has 0 atom stereocenters. The summed E-state index contributed by atoms with van der Waals surface area (Å²) in [7, 11) is 0. The molecule has 0 nitrogen and oxygen atoms in total. The van der Waals surface area contributed by atoms with Gasteiger partial charge in [0, 0.05) is 0 Å². The third-order valence-corrected chi connectivity index (χ3v) is 3.45. The minimum Gasteiger partial charge on any atom is -0.0683 e. The van der Waals surface area contributed by atoms with E-state index in [0.717, 1.165) is 6.42 Å². The lowest BCUT2D eigenvalue weighted by Crippen LogP contribution is -2.07. The summed E-state index contributed by atoms with van der Waals surface area (Å²) in [6.07, 6.45) is 1.06. The zero-order valence-corrected chi connectivity index (χ0v) is 14.3. The van der Waals surface area contributed by atoms with Gasteiger partial charge in [0.1, 0.15) is 0 Å². The van der Waals surface area contributed by atoms with Gasteiger partial charge >= 0.3 is 0 Å². The molecule has 0 radical (unpaired) electrons. The van der Waals surface area contributed by atoms with Gasteiger partial charge < -0.3 is 0 Å². The van der Waals surface area contributed by atoms with Crippen molar-refractivity contribution in [2.75, 3.05) is 0 Å². The summed E-state index contributed by atoms with van der Waals surface area (Å²) in [4.78, 5) is 0. The lowest BCUT2D eigenvalue weighted by atomic mass is 9.80. The van der Waals surface area contributed by atoms with E-state index in [1.54, 1.807) is 0 Å². The van der Waals surface area contributed by atoms with Crippen molar-refractivity contribution in [1.29, 1.82) is 0 Å². The maximum absolute atomic E-state index is 2.24. The van der Waals surface area contributed by atoms with Crippen molar-refractivity contribution in [3.05, 3.63) is 76.4 Å². The lowest BCUT2D eigenvalue weighted by Gasteiger charge is -2.23. The minimum atomic E-state index is 1.06. The highest BCUT2D eigenvalue weighted by atomic mass is 14.2. The first-order valence-corrected chi connectivity index (χ1v) is 8.11. The molecule has 0 amide bonds. The maximum Gasteiger partial charge on any atom is -0.00135 e. The van der Waals surface area contributed by atoms with Gasteiger partial charge in [0.05, 0.1) is 0 Å². The van der Waals surface area contributed by atoms with Crippen LogP contribution in [0.3, 0.4) is 0 Å². The Bertz CT molecular complexity index is 551. The summed E-state index contributed by atoms with van der Waals surface area (Å²) in [5, 5.41) is 0. The van der Waals surface area contributed by atoms with Crippen LogP contribution in [0.2, 0.25) is 0 Å². The van der Waals surface area contributed by atoms with Crippen molar-refractivity contribution in [2.45, 2.75) is 48.0 Å². The van der Waals surface area contributed by atoms with Crippen LogP contribution in [0.4, 0.5) is 0 Å². The number of benzene rings is 2. The molecule has 0 spiro atoms. The Hall–Kier alpha value is -1.82. The molecule has 0 N–H and O–H groups in total. The Labute approximate surface area is 130 Å². The Balaban J connectivity index is 0.000000510. The van der Waals surface area contributed by atoms with Gasteiger partial charge in [0.25, 0.3) is 0 Å². The zero-order valence-electron chi connectivity index (χ0n) is 14.3. The molecule has 1 aliphatic rings. The molecule has 0 aromatic heterocycles. The highest BCUT2D eigenvalue weighted by molar-refractivity contribution is 5.87. The van der Waals surface area contributed by atoms with E-state index in [9.17, 15) is 0 Å². The van der Waals surface area contributed by atoms with Crippen LogP contribution in [0.5, 0.6) is 0 Å². The highest BCUT2D eigenvalue weighted by Gasteiger charge is 2.19. The number of allylic oxidation sites excluding steroid dienone is 1. The summed E-state index contributed by atoms with van der Waals surface area (Å²) >= 11 is 0. The van der Waals surface area contributed by atoms with Crippen molar-refractivity contribution in [2.24, 2.45) is 0 Å². The molecule has 0 heterocycles. The second kappa shape index (κ2) is 8.46. The Kier molecular flexibility index (Phi) is 6.94. The van der Waals surface area contributed by atoms with Crippen molar-refractivity contribution in [3.8, 4) is 0 Å². The molecule has 112 valence electrons. The molecule has 3 rings (SSSR count). The molecule has 1 aliphatic carbocycles. The molecule has 0 saturated heterocycles. The second-order valence-corrected chi connectivity index (χ2v) is 4.87. The molecule has 2 aromatic carbocycles. The van der Waals surface area contributed by atoms with Crippen molar-refractivity contribution < 1.29 is 0 Å². The van der Waals surface area contributed by atoms with Gasteiger partial charge in [-0.2, -0.15) is 0 Å². The van der Waals surface area contributed by atoms with E-state index in [1.807, 2.05) is 27.7 Å². The second-order valence-electron chi connectivity index (χ2n) is 4.87. The zero-order chi connectivity index (χ0) is 15.8. The van der Waals surface area contributed by atoms with E-state index in [0.29, 0.717) is 0 Å². The highest BCUT2D eigenvalue weighted by Crippen LogP contribution is 2.37. The van der Waals surface area contributed by atoms with E-state index in [2.05, 4.69) is 62.4 Å². The van der Waals surface area contributed by atoms with E-state index < -0.39 is 0 Å². The van der Waals surface area contributed by atoms with Crippen LogP contribution in [0, 0.1) is 0 Å². The summed E-state index contributed by atoms with van der Waals surface area (Å²) < 4.78 is 0. The molecular weight excluding hydrogens is 252 g/mol. The fourth-order valence-corrected chi connectivity index (χ4v) is 2.73. The Morgan fingerprint density at radius 3 is 1.43 bits per heavy atom. The third-order valence-electron chi connectivity index (χ3n) is 3.45. The van der Waals surface area contributed by atoms with Crippen LogP contribution in [0.15, 0.2) is 54.1 Å². The molecule has 0 aliphatic heterocycles. The summed E-state index contributed by atoms with van der Waals surface area (Å²) in [6, 6.07) is 17.5. The molecule has 21 heavy (non-hydrogen) atoms. The minimum absolute atomic E-state index is 1.06. The van der Waals surface area contributed by atoms with Crippen molar-refractivity contribution in [3.63, 3.8) is 0 Å². The van der Waals surface area contributed by atoms with Gasteiger partial charge in [-0.15, -0.1) is 0 Å². The first kappa shape index (κ1) is 17.2. The van der Waals surface area contributed by atoms with Gasteiger partial charge in [0.15, 0.2) is 0 Å². The summed E-state index contributed by atoms with van der Waals surface area (Å²) in [5.41, 5.74) is 8.52. The molecular formula is C21H28. The monoisotopic (exact) mass is 280 g/mol. The SMILES string of the molecule is CC.CC.CC(C)=C1c2ccccc2Cc2ccccc21. The van der Waals surface area contributed by atoms with Gasteiger partial charge in [0.2, 0.25) is 0 Å². The van der Waals surface area contributed by atoms with Gasteiger partial charge in [-0.1, -0.05) is 81.8 Å². The summed E-state index contributed by atoms with van der Waals surface area (Å²) in [6.45, 7) is 12.4. The quantitative estimate of drug-likeness (QED) is 0.442. The normalized spacial score (nSPS) is 11.0. The van der Waals surface area contributed by atoms with Crippen LogP contribution in [-0.2, 0) is 6.42 Å². The smallest absolute Gasteiger partial charge is 0.00135 e. The van der Waals surface area contributed by atoms with E-state index in [4.69, 9.17) is 0 Å². The van der Waals surface area contributed by atoms with Crippen LogP contribution in [0.25, 0.3) is 5.57 Å². The molecule has 0 fully saturated rings. The number of rotatable bonds is 0. The van der Waals surface area contributed by atoms with Gasteiger partial charge in [-0.25, -0.2) is 0 Å². The van der Waals surface area contributed by atoms with Crippen LogP contribution in [0.1, 0.15) is 63.8 Å². The van der Waals surface area contributed by atoms with Gasteiger partial charge in [-0.3, -0.25) is 0 Å². The van der Waals surface area contributed by atoms with Crippen molar-refractivity contribution in [1.82, 2.24) is 0 Å². The largest absolute Gasteiger partial charge is 0.0683 e. The first-order chi connectivity index (χ1) is 10.3. The Morgan fingerprint density at radius 2 is 1.05 bits per heavy atom. The first-order valence-electron chi connectivity index (χ1n) is 8.11. The molecule has 0 unspecified atom stereocenters. The topological polar surface area (TPSA) is 0 Å². The number of fused-ring (bicyclic) bond motifs is 2. The fraction of sp³-hybridized carbons (Fsp3) is 0.333. The average Bonchev–Trinajstić information content (AvgIpc) is 2.56. The van der Waals surface area contributed by atoms with Crippen molar-refractivity contribution >= 4 is 5.57 Å². The van der Waals surface area contributed by atoms with Crippen LogP contribution in [-0.4, -0.2) is 0 Å². The molecule has 0 bridgehead atoms. The van der Waals surface area contributed by atoms with Gasteiger partial charge in [-0.05, 0) is 48.1 Å². The maximum atomic E-state index is 2.24. The van der Waals surface area contributed by atoms with Crippen LogP contribution >= 0.6 is 0 Å². The fourth-order valence-electron chi connectivity index (χ4n) is 2.73. The van der Waals surface area contributed by atoms with Crippen LogP contribution < -0.4 is 0 Å². The summed E-state index contributed by atoms with van der Waals surface area (Å²) in [5.74, 6) is 0. The molecule has 0 saturated carbocycles. The standard InChI is InChI=1S/C17H16.2C2H6/c1-12(2)17-15-9-5-3-7-13(15)11-14-8-4-6-10-16(14)17;2*1-2/h3-10H,11H2,1-2H3;2*1-2H3. The number of hydrogen-bond donors (Lipinski definition) is 0. The average molecular weight is 280 g/mol. The lowest BCUT2D eigenvalue weighted by molar-refractivity contribution is 1.13. The molecule has 0 heteroatoms. The Morgan fingerprint density at radius 1 is 0.667 bits per heavy atom. The predicted octanol–water partition coefficient (Wildman–Crippen LogP) is 6.48. The third kappa shape index (κ3) is 3.64. The van der Waals surface area contributed by atoms with E-state index in [-0.39, 0.29) is 0 Å². The van der Waals surface area contributed by atoms with E-state index in [1.165, 1.54) is 33.4 Å².